The first-order valence-electron chi connectivity index (χ1n) is 3.67. The number of aldehydes is 1. The summed E-state index contributed by atoms with van der Waals surface area (Å²) in [4.78, 5) is 9.89. The third kappa shape index (κ3) is 8.06. The Balaban J connectivity index is 2.83. The number of carbonyl (C=O) groups is 1. The van der Waals surface area contributed by atoms with Crippen LogP contribution in [0, 0.1) is 0 Å². The van der Waals surface area contributed by atoms with Gasteiger partial charge >= 0.3 is 0 Å². The minimum atomic E-state index is 0.723. The molecular weight excluding hydrogens is 145 g/mol. The number of rotatable bonds is 6. The maximum absolute atomic E-state index is 9.89. The van der Waals surface area contributed by atoms with E-state index in [9.17, 15) is 4.79 Å². The summed E-state index contributed by atoms with van der Waals surface area (Å²) in [6, 6.07) is 0. The summed E-state index contributed by atoms with van der Waals surface area (Å²) in [6.45, 7) is 1.10. The van der Waals surface area contributed by atoms with Crippen LogP contribution in [-0.2, 0) is 4.79 Å². The summed E-state index contributed by atoms with van der Waals surface area (Å²) in [5, 5.41) is 0. The van der Waals surface area contributed by atoms with E-state index < -0.39 is 0 Å². The lowest BCUT2D eigenvalue weighted by molar-refractivity contribution is -0.107. The van der Waals surface area contributed by atoms with Crippen LogP contribution in [-0.4, -0.2) is 24.5 Å². The Morgan fingerprint density at radius 1 is 1.40 bits per heavy atom. The molecule has 1 atom stereocenters. The van der Waals surface area contributed by atoms with Gasteiger partial charge in [0.2, 0.25) is 0 Å². The zero-order valence-corrected chi connectivity index (χ0v) is 7.70. The highest BCUT2D eigenvalue weighted by molar-refractivity contribution is 7.13. The zero-order valence-electron chi connectivity index (χ0n) is 6.55. The van der Waals surface area contributed by atoms with Crippen LogP contribution >= 0.6 is 9.39 Å². The molecule has 10 heavy (non-hydrogen) atoms. The van der Waals surface area contributed by atoms with E-state index in [2.05, 4.69) is 14.1 Å². The lowest BCUT2D eigenvalue weighted by atomic mass is 10.2. The maximum atomic E-state index is 9.89. The van der Waals surface area contributed by atoms with Crippen molar-refractivity contribution < 1.29 is 4.79 Å². The second-order valence-electron chi connectivity index (χ2n) is 2.50. The smallest absolute Gasteiger partial charge is 0.119 e. The predicted molar refractivity (Wildman–Crippen MR) is 46.9 cm³/mol. The van der Waals surface area contributed by atoms with E-state index in [0.29, 0.717) is 0 Å². The normalized spacial score (nSPS) is 10.3. The fourth-order valence-corrected chi connectivity index (χ4v) is 0.948. The Labute approximate surface area is 65.2 Å². The predicted octanol–water partition coefficient (Wildman–Crippen LogP) is 1.47. The average molecular weight is 161 g/mol. The van der Waals surface area contributed by atoms with E-state index in [-0.39, 0.29) is 0 Å². The largest absolute Gasteiger partial charge is 0.303 e. The molecule has 2 nitrogen and oxygen atoms in total. The van der Waals surface area contributed by atoms with E-state index in [1.165, 1.54) is 6.42 Å². The molecule has 0 aliphatic carbocycles. The molecule has 0 amide bonds. The third-order valence-electron chi connectivity index (χ3n) is 1.33. The lowest BCUT2D eigenvalue weighted by Crippen LogP contribution is -2.04. The van der Waals surface area contributed by atoms with Crippen LogP contribution in [0.15, 0.2) is 0 Å². The Morgan fingerprint density at radius 2 is 2.10 bits per heavy atom. The molecule has 60 valence electrons. The third-order valence-corrected chi connectivity index (χ3v) is 1.59. The quantitative estimate of drug-likeness (QED) is 0.334. The van der Waals surface area contributed by atoms with Crippen molar-refractivity contribution in [1.29, 1.82) is 0 Å². The van der Waals surface area contributed by atoms with Crippen LogP contribution in [0.4, 0.5) is 0 Å². The van der Waals surface area contributed by atoms with Gasteiger partial charge in [-0.3, -0.25) is 4.67 Å². The summed E-state index contributed by atoms with van der Waals surface area (Å²) in [5.74, 6) is 0. The highest BCUT2D eigenvalue weighted by Gasteiger charge is 1.90. The molecule has 0 aromatic rings. The number of unbranched alkanes of at least 4 members (excludes halogenated alkanes) is 3. The van der Waals surface area contributed by atoms with Crippen molar-refractivity contribution in [2.45, 2.75) is 25.7 Å². The fraction of sp³-hybridized carbons (Fsp3) is 0.857. The van der Waals surface area contributed by atoms with Gasteiger partial charge in [0, 0.05) is 13.0 Å². The molecule has 0 radical (unpaired) electrons. The molecule has 1 unspecified atom stereocenters. The lowest BCUT2D eigenvalue weighted by Gasteiger charge is -2.07. The highest BCUT2D eigenvalue weighted by atomic mass is 31.0. The molecule has 0 bridgehead atoms. The average Bonchev–Trinajstić information content (AvgIpc) is 1.87. The molecule has 0 aromatic heterocycles. The highest BCUT2D eigenvalue weighted by Crippen LogP contribution is 2.01. The topological polar surface area (TPSA) is 20.3 Å². The zero-order chi connectivity index (χ0) is 7.82. The van der Waals surface area contributed by atoms with Crippen molar-refractivity contribution in [3.63, 3.8) is 0 Å². The van der Waals surface area contributed by atoms with Crippen LogP contribution < -0.4 is 0 Å². The van der Waals surface area contributed by atoms with Crippen molar-refractivity contribution in [3.8, 4) is 0 Å². The molecule has 0 aromatic carbocycles. The van der Waals surface area contributed by atoms with Gasteiger partial charge in [0.25, 0.3) is 0 Å². The Bertz CT molecular complexity index is 85.7. The van der Waals surface area contributed by atoms with E-state index in [0.717, 1.165) is 32.1 Å². The molecule has 0 rings (SSSR count). The molecule has 0 aliphatic rings. The minimum absolute atomic E-state index is 0.723. The first-order chi connectivity index (χ1) is 4.77. The van der Waals surface area contributed by atoms with Crippen molar-refractivity contribution in [3.05, 3.63) is 0 Å². The first kappa shape index (κ1) is 10.1. The molecular formula is C7H16NOP. The van der Waals surface area contributed by atoms with Crippen LogP contribution in [0.5, 0.6) is 0 Å². The van der Waals surface area contributed by atoms with Gasteiger partial charge in [-0.15, -0.1) is 0 Å². The second kappa shape index (κ2) is 7.17. The summed E-state index contributed by atoms with van der Waals surface area (Å²) in [5.41, 5.74) is 0. The van der Waals surface area contributed by atoms with Crippen molar-refractivity contribution in [2.24, 2.45) is 0 Å². The van der Waals surface area contributed by atoms with E-state index >= 15 is 0 Å². The van der Waals surface area contributed by atoms with Crippen molar-refractivity contribution in [1.82, 2.24) is 4.67 Å². The molecule has 0 aliphatic heterocycles. The summed E-state index contributed by atoms with van der Waals surface area (Å²) < 4.78 is 2.08. The summed E-state index contributed by atoms with van der Waals surface area (Å²) in [7, 11) is 4.65. The Morgan fingerprint density at radius 3 is 2.60 bits per heavy atom. The number of nitrogens with zero attached hydrogens (tertiary/aromatic N) is 1. The van der Waals surface area contributed by atoms with Crippen molar-refractivity contribution in [2.75, 3.05) is 13.6 Å². The van der Waals surface area contributed by atoms with Gasteiger partial charge in [-0.25, -0.2) is 0 Å². The standard InChI is InChI=1S/C7H16NOP/c1-8(10)6-4-2-3-5-7-9/h7H,2-6,10H2,1H3. The monoisotopic (exact) mass is 161 g/mol. The molecule has 0 heterocycles. The van der Waals surface area contributed by atoms with Gasteiger partial charge in [-0.05, 0) is 19.9 Å². The summed E-state index contributed by atoms with van der Waals surface area (Å²) >= 11 is 0. The molecule has 0 saturated heterocycles. The minimum Gasteiger partial charge on any atom is -0.303 e. The van der Waals surface area contributed by atoms with Gasteiger partial charge in [0.05, 0.1) is 0 Å². The number of hydrogen-bond acceptors (Lipinski definition) is 2. The van der Waals surface area contributed by atoms with Gasteiger partial charge in [0.15, 0.2) is 0 Å². The molecule has 0 N–H and O–H groups in total. The second-order valence-corrected chi connectivity index (χ2v) is 3.38. The fourth-order valence-electron chi connectivity index (χ4n) is 0.766. The maximum Gasteiger partial charge on any atom is 0.119 e. The van der Waals surface area contributed by atoms with E-state index in [4.69, 9.17) is 0 Å². The van der Waals surface area contributed by atoms with E-state index in [1.54, 1.807) is 0 Å². The number of hydrogen-bond donors (Lipinski definition) is 0. The first-order valence-corrected chi connectivity index (χ1v) is 4.18. The Kier molecular flexibility index (Phi) is 7.21. The van der Waals surface area contributed by atoms with Crippen LogP contribution in [0.25, 0.3) is 0 Å². The van der Waals surface area contributed by atoms with Crippen LogP contribution in [0.1, 0.15) is 25.7 Å². The summed E-state index contributed by atoms with van der Waals surface area (Å²) in [6.07, 6.45) is 5.11. The van der Waals surface area contributed by atoms with Crippen LogP contribution in [0.3, 0.4) is 0 Å². The van der Waals surface area contributed by atoms with Gasteiger partial charge in [-0.2, -0.15) is 0 Å². The SMILES string of the molecule is CN(P)CCCCCC=O. The molecule has 0 spiro atoms. The Hall–Kier alpha value is 0.0600. The van der Waals surface area contributed by atoms with Crippen molar-refractivity contribution >= 4 is 15.7 Å². The van der Waals surface area contributed by atoms with E-state index in [1.807, 2.05) is 7.05 Å². The van der Waals surface area contributed by atoms with Crippen LogP contribution in [0.2, 0.25) is 0 Å². The van der Waals surface area contributed by atoms with Gasteiger partial charge in [-0.1, -0.05) is 15.8 Å². The number of carbonyl (C=O) groups excluding carboxylic acids is 1. The van der Waals surface area contributed by atoms with Gasteiger partial charge < -0.3 is 4.79 Å². The molecule has 0 saturated carbocycles. The van der Waals surface area contributed by atoms with Gasteiger partial charge in [0.1, 0.15) is 6.29 Å². The molecule has 0 fully saturated rings. The molecule has 3 heteroatoms.